The van der Waals surface area contributed by atoms with Crippen LogP contribution in [-0.2, 0) is 19.1 Å². The molecule has 1 aromatic carbocycles. The molecular weight excluding hydrogens is 538 g/mol. The van der Waals surface area contributed by atoms with E-state index in [0.717, 1.165) is 11.1 Å². The first-order valence-electron chi connectivity index (χ1n) is 15.1. The van der Waals surface area contributed by atoms with Gasteiger partial charge in [0.25, 0.3) is 0 Å². The lowest BCUT2D eigenvalue weighted by molar-refractivity contribution is -0.152. The summed E-state index contributed by atoms with van der Waals surface area (Å²) in [7, 11) is 0. The number of Topliss-reactive ketones (excluding diaryl/α,β-unsaturated/α-hetero) is 2. The molecule has 9 heteroatoms. The fourth-order valence-corrected chi connectivity index (χ4v) is 8.90. The summed E-state index contributed by atoms with van der Waals surface area (Å²) in [6.07, 6.45) is 1.67. The van der Waals surface area contributed by atoms with Crippen LogP contribution in [0, 0.1) is 47.8 Å². The maximum Gasteiger partial charge on any atom is 0.235 e. The van der Waals surface area contributed by atoms with Gasteiger partial charge >= 0.3 is 0 Å². The van der Waals surface area contributed by atoms with Crippen LogP contribution in [0.25, 0.3) is 0 Å². The molecule has 1 aromatic rings. The summed E-state index contributed by atoms with van der Waals surface area (Å²) in [5, 5.41) is 46.2. The number of aliphatic hydroxyl groups is 1. The minimum Gasteiger partial charge on any atom is -0.504 e. The summed E-state index contributed by atoms with van der Waals surface area (Å²) in [6, 6.07) is -0.250. The average Bonchev–Trinajstić information content (AvgIpc) is 3.58. The number of phenolic OH excluding ortho intramolecular Hbond substituents is 3. The Morgan fingerprint density at radius 1 is 0.976 bits per heavy atom. The first-order chi connectivity index (χ1) is 19.7. The number of hydrogen-bond acceptors (Lipinski definition) is 8. The zero-order valence-corrected chi connectivity index (χ0v) is 25.0. The largest absolute Gasteiger partial charge is 0.504 e. The Balaban J connectivity index is 1.62. The number of aliphatic hydroxyl groups excluding tert-OH is 1. The van der Waals surface area contributed by atoms with E-state index in [1.165, 1.54) is 0 Å². The van der Waals surface area contributed by atoms with Crippen molar-refractivity contribution < 1.29 is 39.5 Å². The molecule has 6 rings (SSSR count). The molecule has 0 aromatic heterocycles. The molecule has 0 radical (unpaired) electrons. The van der Waals surface area contributed by atoms with Crippen molar-refractivity contribution in [1.82, 2.24) is 5.32 Å². The molecule has 2 saturated heterocycles. The Kier molecular flexibility index (Phi) is 6.66. The quantitative estimate of drug-likeness (QED) is 0.200. The van der Waals surface area contributed by atoms with E-state index in [0.29, 0.717) is 18.4 Å². The number of ketones is 2. The third-order valence-corrected chi connectivity index (χ3v) is 10.9. The van der Waals surface area contributed by atoms with Crippen LogP contribution in [0.2, 0.25) is 0 Å². The molecule has 0 saturated carbocycles. The standard InChI is InChI=1S/C33H41NO8/c1-12(2)9-18-24-15(5)14(4)11-17-10-13(3)7-8-19(35)26(37)22-23(31(40)33(17,24)32(41)34-18)29-20-16(6)25(36)28(39)27(38)21(20)30(22)42-29/h10-12,15,17-19,22-24,29-30,35-36,38-39H,7-9H2,1-6H3,(H,34,41)/t15-,17+,18+,19-,22-,23+,24+,29+,30-,33+/m1/s1. The highest BCUT2D eigenvalue weighted by Gasteiger charge is 2.71. The van der Waals surface area contributed by atoms with Gasteiger partial charge in [-0.05, 0) is 57.4 Å². The van der Waals surface area contributed by atoms with E-state index in [-0.39, 0.29) is 47.3 Å². The van der Waals surface area contributed by atoms with Crippen LogP contribution in [0.1, 0.15) is 82.8 Å². The van der Waals surface area contributed by atoms with Gasteiger partial charge in [0, 0.05) is 29.0 Å². The lowest BCUT2D eigenvalue weighted by Crippen LogP contribution is -2.56. The van der Waals surface area contributed by atoms with Gasteiger partial charge in [0.2, 0.25) is 11.7 Å². The van der Waals surface area contributed by atoms with Gasteiger partial charge < -0.3 is 30.5 Å². The number of carbonyl (C=O) groups excluding carboxylic acids is 3. The minimum atomic E-state index is -1.51. The Labute approximate surface area is 245 Å². The van der Waals surface area contributed by atoms with Gasteiger partial charge in [0.15, 0.2) is 23.1 Å². The number of nitrogens with one attached hydrogen (secondary N) is 1. The third kappa shape index (κ3) is 3.65. The zero-order chi connectivity index (χ0) is 30.6. The van der Waals surface area contributed by atoms with E-state index in [1.54, 1.807) is 6.92 Å². The van der Waals surface area contributed by atoms with Crippen molar-refractivity contribution in [3.63, 3.8) is 0 Å². The molecule has 1 spiro atoms. The molecule has 42 heavy (non-hydrogen) atoms. The topological polar surface area (TPSA) is 153 Å². The third-order valence-electron chi connectivity index (χ3n) is 10.9. The Bertz CT molecular complexity index is 1460. The number of aromatic hydroxyl groups is 3. The molecule has 9 nitrogen and oxygen atoms in total. The smallest absolute Gasteiger partial charge is 0.235 e. The minimum absolute atomic E-state index is 0.0926. The van der Waals surface area contributed by atoms with Gasteiger partial charge in [-0.2, -0.15) is 0 Å². The zero-order valence-electron chi connectivity index (χ0n) is 25.0. The molecule has 2 fully saturated rings. The van der Waals surface area contributed by atoms with Crippen LogP contribution in [-0.4, -0.2) is 50.0 Å². The van der Waals surface area contributed by atoms with Crippen molar-refractivity contribution in [3.05, 3.63) is 40.0 Å². The molecule has 3 aliphatic heterocycles. The molecule has 2 bridgehead atoms. The number of hydrogen-bond donors (Lipinski definition) is 5. The van der Waals surface area contributed by atoms with Crippen LogP contribution in [0.4, 0.5) is 0 Å². The Morgan fingerprint density at radius 2 is 1.64 bits per heavy atom. The van der Waals surface area contributed by atoms with Crippen LogP contribution in [0.5, 0.6) is 17.2 Å². The lowest BCUT2D eigenvalue weighted by Gasteiger charge is -2.47. The van der Waals surface area contributed by atoms with Gasteiger partial charge in [0.05, 0.1) is 24.0 Å². The van der Waals surface area contributed by atoms with Crippen LogP contribution >= 0.6 is 0 Å². The van der Waals surface area contributed by atoms with E-state index in [9.17, 15) is 30.0 Å². The molecule has 5 N–H and O–H groups in total. The second-order valence-electron chi connectivity index (χ2n) is 13.7. The lowest BCUT2D eigenvalue weighted by atomic mass is 9.51. The number of phenols is 3. The molecule has 5 aliphatic rings. The number of rotatable bonds is 2. The molecular formula is C33H41NO8. The summed E-state index contributed by atoms with van der Waals surface area (Å²) in [5.41, 5.74) is 1.21. The van der Waals surface area contributed by atoms with Gasteiger partial charge in [0.1, 0.15) is 11.5 Å². The van der Waals surface area contributed by atoms with Crippen LogP contribution in [0.3, 0.4) is 0 Å². The number of allylic oxidation sites excluding steroid dienone is 4. The second kappa shape index (κ2) is 9.67. The highest BCUT2D eigenvalue weighted by atomic mass is 16.5. The first-order valence-corrected chi connectivity index (χ1v) is 15.1. The predicted octanol–water partition coefficient (Wildman–Crippen LogP) is 4.07. The van der Waals surface area contributed by atoms with Crippen molar-refractivity contribution in [3.8, 4) is 17.2 Å². The van der Waals surface area contributed by atoms with Crippen LogP contribution < -0.4 is 5.32 Å². The number of carbonyl (C=O) groups is 3. The SMILES string of the molecule is CC1=C[C@H]2C=C(C)[C@@H](C)[C@H]3[C@H](CC(C)C)NC(=O)[C@@]23C(=O)[C@H]2[C@H](C(=O)[C@H](O)CC1)[C@@H]1O[C@H]2c2c(C)c(O)c(O)c(O)c21. The molecule has 3 heterocycles. The molecule has 0 unspecified atom stereocenters. The fourth-order valence-electron chi connectivity index (χ4n) is 8.90. The monoisotopic (exact) mass is 579 g/mol. The normalized spacial score (nSPS) is 39.1. The Hall–Kier alpha value is -3.17. The van der Waals surface area contributed by atoms with Crippen LogP contribution in [0.15, 0.2) is 23.3 Å². The van der Waals surface area contributed by atoms with Crippen molar-refractivity contribution in [2.75, 3.05) is 0 Å². The maximum atomic E-state index is 15.4. The van der Waals surface area contributed by atoms with E-state index < -0.39 is 70.3 Å². The van der Waals surface area contributed by atoms with Gasteiger partial charge in [-0.25, -0.2) is 0 Å². The van der Waals surface area contributed by atoms with E-state index in [4.69, 9.17) is 4.74 Å². The van der Waals surface area contributed by atoms with E-state index in [2.05, 4.69) is 26.1 Å². The molecule has 1 amide bonds. The van der Waals surface area contributed by atoms with Crippen molar-refractivity contribution in [2.24, 2.45) is 40.9 Å². The number of benzene rings is 1. The number of ether oxygens (including phenoxy) is 1. The summed E-state index contributed by atoms with van der Waals surface area (Å²) in [6.45, 7) is 11.7. The Morgan fingerprint density at radius 3 is 2.31 bits per heavy atom. The van der Waals surface area contributed by atoms with Crippen molar-refractivity contribution >= 4 is 17.5 Å². The molecule has 2 aliphatic carbocycles. The van der Waals surface area contributed by atoms with E-state index in [1.807, 2.05) is 26.0 Å². The van der Waals surface area contributed by atoms with Crippen molar-refractivity contribution in [2.45, 2.75) is 85.2 Å². The predicted molar refractivity (Wildman–Crippen MR) is 152 cm³/mol. The fraction of sp³-hybridized carbons (Fsp3) is 0.606. The molecule has 226 valence electrons. The maximum absolute atomic E-state index is 15.4. The second-order valence-corrected chi connectivity index (χ2v) is 13.7. The number of amides is 1. The summed E-state index contributed by atoms with van der Waals surface area (Å²) >= 11 is 0. The van der Waals surface area contributed by atoms with Gasteiger partial charge in [-0.15, -0.1) is 0 Å². The summed E-state index contributed by atoms with van der Waals surface area (Å²) < 4.78 is 6.30. The highest BCUT2D eigenvalue weighted by molar-refractivity contribution is 6.12. The highest BCUT2D eigenvalue weighted by Crippen LogP contribution is 2.67. The van der Waals surface area contributed by atoms with Gasteiger partial charge in [-0.1, -0.05) is 44.1 Å². The van der Waals surface area contributed by atoms with Gasteiger partial charge in [-0.3, -0.25) is 14.4 Å². The molecule has 10 atom stereocenters. The summed E-state index contributed by atoms with van der Waals surface area (Å²) in [4.78, 5) is 43.8. The van der Waals surface area contributed by atoms with E-state index >= 15 is 4.79 Å². The number of fused-ring (bicyclic) bond motifs is 8. The van der Waals surface area contributed by atoms with Crippen molar-refractivity contribution in [1.29, 1.82) is 0 Å². The summed E-state index contributed by atoms with van der Waals surface area (Å²) in [5.74, 6) is -6.25. The average molecular weight is 580 g/mol. The first kappa shape index (κ1) is 28.9.